The van der Waals surface area contributed by atoms with Gasteiger partial charge in [0, 0.05) is 18.8 Å². The molecule has 0 aliphatic rings. The van der Waals surface area contributed by atoms with Crippen molar-refractivity contribution in [3.05, 3.63) is 28.4 Å². The Labute approximate surface area is 95.0 Å². The van der Waals surface area contributed by atoms with Gasteiger partial charge < -0.3 is 5.32 Å². The molecule has 0 saturated carbocycles. The minimum Gasteiger partial charge on any atom is -0.364 e. The molecule has 5 nitrogen and oxygen atoms in total. The van der Waals surface area contributed by atoms with E-state index < -0.39 is 4.92 Å². The second-order valence-electron chi connectivity index (χ2n) is 3.69. The summed E-state index contributed by atoms with van der Waals surface area (Å²) in [5.74, 6) is 0.890. The van der Waals surface area contributed by atoms with Crippen molar-refractivity contribution in [2.24, 2.45) is 5.92 Å². The summed E-state index contributed by atoms with van der Waals surface area (Å²) in [7, 11) is 0. The first-order valence-corrected chi connectivity index (χ1v) is 5.52. The zero-order valence-electron chi connectivity index (χ0n) is 9.64. The molecule has 0 saturated heterocycles. The highest BCUT2D eigenvalue weighted by Crippen LogP contribution is 2.21. The number of hydrogen-bond acceptors (Lipinski definition) is 4. The third-order valence-corrected chi connectivity index (χ3v) is 2.70. The van der Waals surface area contributed by atoms with E-state index in [1.54, 1.807) is 12.3 Å². The minimum atomic E-state index is -0.414. The summed E-state index contributed by atoms with van der Waals surface area (Å²) >= 11 is 0. The van der Waals surface area contributed by atoms with Crippen LogP contribution in [0.1, 0.15) is 26.7 Å². The van der Waals surface area contributed by atoms with Crippen LogP contribution in [0.5, 0.6) is 0 Å². The quantitative estimate of drug-likeness (QED) is 0.594. The van der Waals surface area contributed by atoms with Crippen LogP contribution >= 0.6 is 0 Å². The van der Waals surface area contributed by atoms with Crippen LogP contribution < -0.4 is 5.32 Å². The third kappa shape index (κ3) is 3.18. The van der Waals surface area contributed by atoms with E-state index in [9.17, 15) is 10.1 Å². The lowest BCUT2D eigenvalue weighted by Crippen LogP contribution is -2.14. The molecule has 88 valence electrons. The Bertz CT molecular complexity index is 351. The summed E-state index contributed by atoms with van der Waals surface area (Å²) in [6.07, 6.45) is 3.68. The maximum Gasteiger partial charge on any atom is 0.311 e. The van der Waals surface area contributed by atoms with Crippen molar-refractivity contribution >= 4 is 11.5 Å². The van der Waals surface area contributed by atoms with E-state index >= 15 is 0 Å². The number of anilines is 1. The summed E-state index contributed by atoms with van der Waals surface area (Å²) < 4.78 is 0. The molecule has 0 spiro atoms. The Hall–Kier alpha value is -1.65. The second kappa shape index (κ2) is 6.05. The lowest BCUT2D eigenvalue weighted by atomic mass is 10.0. The van der Waals surface area contributed by atoms with E-state index in [1.807, 2.05) is 0 Å². The van der Waals surface area contributed by atoms with E-state index in [-0.39, 0.29) is 5.69 Å². The number of nitrogens with one attached hydrogen (secondary N) is 1. The first-order chi connectivity index (χ1) is 7.69. The van der Waals surface area contributed by atoms with Crippen LogP contribution in [-0.4, -0.2) is 16.5 Å². The fourth-order valence-corrected chi connectivity index (χ4v) is 1.50. The number of hydrogen-bond donors (Lipinski definition) is 1. The highest BCUT2D eigenvalue weighted by molar-refractivity contribution is 5.54. The van der Waals surface area contributed by atoms with Gasteiger partial charge in [0.25, 0.3) is 0 Å². The molecule has 16 heavy (non-hydrogen) atoms. The number of nitro groups is 1. The van der Waals surface area contributed by atoms with Crippen molar-refractivity contribution in [1.29, 1.82) is 0 Å². The molecular formula is C11H17N3O2. The monoisotopic (exact) mass is 223 g/mol. The molecule has 1 aromatic rings. The molecule has 1 rings (SSSR count). The number of nitrogens with zero attached hydrogens (tertiary/aromatic N) is 2. The second-order valence-corrected chi connectivity index (χ2v) is 3.69. The van der Waals surface area contributed by atoms with E-state index in [0.717, 1.165) is 19.4 Å². The molecule has 0 atom stereocenters. The van der Waals surface area contributed by atoms with E-state index in [4.69, 9.17) is 0 Å². The Kier molecular flexibility index (Phi) is 4.69. The minimum absolute atomic E-state index is 0.0356. The van der Waals surface area contributed by atoms with Crippen LogP contribution in [0.15, 0.2) is 18.3 Å². The number of pyridine rings is 1. The van der Waals surface area contributed by atoms with Crippen molar-refractivity contribution < 1.29 is 4.92 Å². The van der Waals surface area contributed by atoms with Gasteiger partial charge in [0.2, 0.25) is 5.82 Å². The zero-order chi connectivity index (χ0) is 12.0. The van der Waals surface area contributed by atoms with Gasteiger partial charge in [-0.1, -0.05) is 26.7 Å². The highest BCUT2D eigenvalue weighted by atomic mass is 16.6. The van der Waals surface area contributed by atoms with Crippen molar-refractivity contribution in [2.75, 3.05) is 11.9 Å². The first kappa shape index (κ1) is 12.4. The smallest absolute Gasteiger partial charge is 0.311 e. The van der Waals surface area contributed by atoms with E-state index in [0.29, 0.717) is 11.7 Å². The fraction of sp³-hybridized carbons (Fsp3) is 0.545. The largest absolute Gasteiger partial charge is 0.364 e. The Morgan fingerprint density at radius 3 is 2.75 bits per heavy atom. The van der Waals surface area contributed by atoms with Gasteiger partial charge in [-0.15, -0.1) is 0 Å². The zero-order valence-corrected chi connectivity index (χ0v) is 9.64. The molecule has 0 radical (unpaired) electrons. The van der Waals surface area contributed by atoms with Gasteiger partial charge in [0.15, 0.2) is 0 Å². The molecule has 1 aromatic heterocycles. The van der Waals surface area contributed by atoms with Crippen molar-refractivity contribution in [3.8, 4) is 0 Å². The molecule has 1 heterocycles. The van der Waals surface area contributed by atoms with E-state index in [2.05, 4.69) is 24.1 Å². The SMILES string of the molecule is CCC(CC)CNc1ncccc1[N+](=O)[O-]. The highest BCUT2D eigenvalue weighted by Gasteiger charge is 2.14. The van der Waals surface area contributed by atoms with Crippen LogP contribution in [0.4, 0.5) is 11.5 Å². The lowest BCUT2D eigenvalue weighted by Gasteiger charge is -2.13. The van der Waals surface area contributed by atoms with E-state index in [1.165, 1.54) is 6.07 Å². The van der Waals surface area contributed by atoms with Crippen LogP contribution in [0.3, 0.4) is 0 Å². The third-order valence-electron chi connectivity index (χ3n) is 2.70. The Balaban J connectivity index is 2.69. The maximum atomic E-state index is 10.7. The molecule has 0 aliphatic carbocycles. The van der Waals surface area contributed by atoms with Gasteiger partial charge in [-0.2, -0.15) is 0 Å². The Morgan fingerprint density at radius 2 is 2.19 bits per heavy atom. The Morgan fingerprint density at radius 1 is 1.50 bits per heavy atom. The maximum absolute atomic E-state index is 10.7. The lowest BCUT2D eigenvalue weighted by molar-refractivity contribution is -0.384. The molecule has 0 bridgehead atoms. The summed E-state index contributed by atoms with van der Waals surface area (Å²) in [4.78, 5) is 14.3. The van der Waals surface area contributed by atoms with Gasteiger partial charge in [0.05, 0.1) is 4.92 Å². The first-order valence-electron chi connectivity index (χ1n) is 5.52. The number of aromatic nitrogens is 1. The van der Waals surface area contributed by atoms with Crippen LogP contribution in [0, 0.1) is 16.0 Å². The van der Waals surface area contributed by atoms with Gasteiger partial charge >= 0.3 is 5.69 Å². The topological polar surface area (TPSA) is 68.1 Å². The molecule has 0 aliphatic heterocycles. The van der Waals surface area contributed by atoms with Crippen LogP contribution in [0.2, 0.25) is 0 Å². The van der Waals surface area contributed by atoms with Crippen molar-refractivity contribution in [1.82, 2.24) is 4.98 Å². The average Bonchev–Trinajstić information content (AvgIpc) is 2.30. The van der Waals surface area contributed by atoms with Gasteiger partial charge in [0.1, 0.15) is 0 Å². The summed E-state index contributed by atoms with van der Waals surface area (Å²) in [6, 6.07) is 3.03. The normalized spacial score (nSPS) is 10.4. The summed E-state index contributed by atoms with van der Waals surface area (Å²) in [6.45, 7) is 4.95. The van der Waals surface area contributed by atoms with Gasteiger partial charge in [-0.3, -0.25) is 10.1 Å². The van der Waals surface area contributed by atoms with Crippen molar-refractivity contribution in [3.63, 3.8) is 0 Å². The van der Waals surface area contributed by atoms with Crippen molar-refractivity contribution in [2.45, 2.75) is 26.7 Å². The molecule has 5 heteroatoms. The fourth-order valence-electron chi connectivity index (χ4n) is 1.50. The number of rotatable bonds is 6. The average molecular weight is 223 g/mol. The molecular weight excluding hydrogens is 206 g/mol. The molecule has 1 N–H and O–H groups in total. The van der Waals surface area contributed by atoms with Gasteiger partial charge in [-0.05, 0) is 12.0 Å². The molecule has 0 amide bonds. The van der Waals surface area contributed by atoms with Crippen LogP contribution in [0.25, 0.3) is 0 Å². The molecule has 0 unspecified atom stereocenters. The predicted octanol–water partition coefficient (Wildman–Crippen LogP) is 2.84. The molecule has 0 fully saturated rings. The summed E-state index contributed by atoms with van der Waals surface area (Å²) in [5.41, 5.74) is 0.0356. The van der Waals surface area contributed by atoms with Crippen LogP contribution in [-0.2, 0) is 0 Å². The molecule has 0 aromatic carbocycles. The standard InChI is InChI=1S/C11H17N3O2/c1-3-9(4-2)8-13-11-10(14(15)16)6-5-7-12-11/h5-7,9H,3-4,8H2,1-2H3,(H,12,13). The van der Waals surface area contributed by atoms with Gasteiger partial charge in [-0.25, -0.2) is 4.98 Å². The summed E-state index contributed by atoms with van der Waals surface area (Å²) in [5, 5.41) is 13.8. The predicted molar refractivity (Wildman–Crippen MR) is 63.5 cm³/mol.